The first-order chi connectivity index (χ1) is 11.2. The van der Waals surface area contributed by atoms with Crippen LogP contribution < -0.4 is 9.13 Å². The van der Waals surface area contributed by atoms with E-state index in [0.29, 0.717) is 11.4 Å². The lowest BCUT2D eigenvalue weighted by atomic mass is 10.3. The van der Waals surface area contributed by atoms with Gasteiger partial charge in [0.1, 0.15) is 24.7 Å². The Hall–Kier alpha value is -1.54. The molecule has 0 aliphatic carbocycles. The Labute approximate surface area is 137 Å². The lowest BCUT2D eigenvalue weighted by Crippen LogP contribution is -2.44. The molecule has 0 radical (unpaired) electrons. The highest BCUT2D eigenvalue weighted by Gasteiger charge is 2.27. The van der Waals surface area contributed by atoms with E-state index in [9.17, 15) is 9.13 Å². The second-order valence-corrected chi connectivity index (χ2v) is 8.64. The van der Waals surface area contributed by atoms with Gasteiger partial charge in [0.2, 0.25) is 0 Å². The highest BCUT2D eigenvalue weighted by molar-refractivity contribution is 7.51. The van der Waals surface area contributed by atoms with Crippen molar-refractivity contribution in [1.29, 1.82) is 0 Å². The smallest absolute Gasteiger partial charge is 0.324 e. The Morgan fingerprint density at radius 1 is 0.792 bits per heavy atom. The molecule has 0 bridgehead atoms. The van der Waals surface area contributed by atoms with E-state index in [4.69, 9.17) is 19.6 Å². The standard InChI is InChI=1S/C12H16N4O6P2/c17-23(18,19)7-5-15-3-1-13-9-11(15)12-10-14-2-4-16(12)6-8-24(20,21)22/h1-4,9-10H,5-8H2,(H2-2,17,18,19,20,21,22)/p+2. The van der Waals surface area contributed by atoms with Gasteiger partial charge in [0, 0.05) is 0 Å². The zero-order valence-corrected chi connectivity index (χ0v) is 14.4. The fourth-order valence-electron chi connectivity index (χ4n) is 2.07. The van der Waals surface area contributed by atoms with E-state index in [1.807, 2.05) is 0 Å². The van der Waals surface area contributed by atoms with Crippen LogP contribution in [0.15, 0.2) is 37.2 Å². The van der Waals surface area contributed by atoms with Crippen molar-refractivity contribution in [1.82, 2.24) is 9.97 Å². The van der Waals surface area contributed by atoms with Gasteiger partial charge in [-0.1, -0.05) is 0 Å². The van der Waals surface area contributed by atoms with Gasteiger partial charge >= 0.3 is 15.2 Å². The molecule has 0 saturated heterocycles. The summed E-state index contributed by atoms with van der Waals surface area (Å²) in [4.78, 5) is 44.2. The number of nitrogens with zero attached hydrogens (tertiary/aromatic N) is 4. The molecule has 2 aromatic rings. The van der Waals surface area contributed by atoms with Crippen molar-refractivity contribution in [2.24, 2.45) is 0 Å². The number of rotatable bonds is 7. The van der Waals surface area contributed by atoms with Crippen molar-refractivity contribution in [2.45, 2.75) is 13.1 Å². The van der Waals surface area contributed by atoms with E-state index < -0.39 is 15.2 Å². The van der Waals surface area contributed by atoms with Gasteiger partial charge in [-0.05, 0) is 0 Å². The molecule has 2 aromatic heterocycles. The Kier molecular flexibility index (Phi) is 5.92. The second kappa shape index (κ2) is 7.57. The molecule has 130 valence electrons. The monoisotopic (exact) mass is 376 g/mol. The molecular weight excluding hydrogens is 358 g/mol. The average molecular weight is 376 g/mol. The first-order valence-electron chi connectivity index (χ1n) is 6.92. The van der Waals surface area contributed by atoms with Crippen LogP contribution in [0, 0.1) is 0 Å². The molecular formula is C12H18N4O6P2+2. The molecule has 24 heavy (non-hydrogen) atoms. The van der Waals surface area contributed by atoms with Crippen LogP contribution in [0.4, 0.5) is 0 Å². The fourth-order valence-corrected chi connectivity index (χ4v) is 3.02. The minimum absolute atomic E-state index is 0.0650. The van der Waals surface area contributed by atoms with Crippen LogP contribution >= 0.6 is 15.2 Å². The second-order valence-electron chi connectivity index (χ2n) is 5.09. The van der Waals surface area contributed by atoms with Gasteiger partial charge < -0.3 is 19.6 Å². The molecule has 0 unspecified atom stereocenters. The van der Waals surface area contributed by atoms with Crippen LogP contribution in [0.1, 0.15) is 0 Å². The summed E-state index contributed by atoms with van der Waals surface area (Å²) in [6, 6.07) is 0. The summed E-state index contributed by atoms with van der Waals surface area (Å²) in [5.41, 5.74) is 1.06. The lowest BCUT2D eigenvalue weighted by molar-refractivity contribution is -0.711. The minimum atomic E-state index is -4.16. The first kappa shape index (κ1) is 18.8. The molecule has 0 amide bonds. The Morgan fingerprint density at radius 3 is 1.50 bits per heavy atom. The van der Waals surface area contributed by atoms with E-state index in [2.05, 4.69) is 9.97 Å². The molecule has 0 aliphatic heterocycles. The molecule has 4 N–H and O–H groups in total. The maximum atomic E-state index is 11.1. The predicted octanol–water partition coefficient (Wildman–Crippen LogP) is -0.926. The lowest BCUT2D eigenvalue weighted by Gasteiger charge is -2.06. The van der Waals surface area contributed by atoms with Crippen LogP contribution in [-0.4, -0.2) is 41.9 Å². The summed E-state index contributed by atoms with van der Waals surface area (Å²) < 4.78 is 25.4. The first-order valence-corrected chi connectivity index (χ1v) is 10.5. The largest absolute Gasteiger partial charge is 0.331 e. The van der Waals surface area contributed by atoms with Crippen molar-refractivity contribution < 1.29 is 37.8 Å². The van der Waals surface area contributed by atoms with Crippen molar-refractivity contribution in [3.8, 4) is 11.4 Å². The summed E-state index contributed by atoms with van der Waals surface area (Å²) >= 11 is 0. The number of hydrogen-bond acceptors (Lipinski definition) is 4. The van der Waals surface area contributed by atoms with Crippen molar-refractivity contribution in [2.75, 3.05) is 12.3 Å². The van der Waals surface area contributed by atoms with E-state index in [1.165, 1.54) is 24.8 Å². The van der Waals surface area contributed by atoms with E-state index in [0.717, 1.165) is 0 Å². The Balaban J connectivity index is 2.35. The predicted molar refractivity (Wildman–Crippen MR) is 81.7 cm³/mol. The van der Waals surface area contributed by atoms with Crippen molar-refractivity contribution in [3.63, 3.8) is 0 Å². The maximum Gasteiger partial charge on any atom is 0.331 e. The number of aryl methyl sites for hydroxylation is 2. The third-order valence-corrected chi connectivity index (χ3v) is 4.77. The molecule has 12 heteroatoms. The molecule has 0 atom stereocenters. The fraction of sp³-hybridized carbons (Fsp3) is 0.333. The summed E-state index contributed by atoms with van der Waals surface area (Å²) in [5, 5.41) is 0. The van der Waals surface area contributed by atoms with Gasteiger partial charge in [-0.15, -0.1) is 0 Å². The zero-order chi connectivity index (χ0) is 17.8. The normalized spacial score (nSPS) is 12.3. The third-order valence-electron chi connectivity index (χ3n) is 3.20. The summed E-state index contributed by atoms with van der Waals surface area (Å²) in [6.07, 6.45) is 8.46. The summed E-state index contributed by atoms with van der Waals surface area (Å²) in [7, 11) is -8.31. The SMILES string of the molecule is O=P(O)(O)CC[n+]1ccncc1-c1cncc[n+]1CCP(=O)(O)O. The van der Waals surface area contributed by atoms with Crippen LogP contribution in [0.5, 0.6) is 0 Å². The Morgan fingerprint density at radius 2 is 1.17 bits per heavy atom. The molecule has 2 rings (SSSR count). The molecule has 0 aromatic carbocycles. The van der Waals surface area contributed by atoms with Gasteiger partial charge in [0.25, 0.3) is 11.4 Å². The van der Waals surface area contributed by atoms with Gasteiger partial charge in [-0.2, -0.15) is 9.13 Å². The Bertz CT molecular complexity index is 738. The highest BCUT2D eigenvalue weighted by atomic mass is 31.2. The van der Waals surface area contributed by atoms with Crippen molar-refractivity contribution in [3.05, 3.63) is 37.2 Å². The van der Waals surface area contributed by atoms with Crippen molar-refractivity contribution >= 4 is 15.2 Å². The highest BCUT2D eigenvalue weighted by Crippen LogP contribution is 2.34. The van der Waals surface area contributed by atoms with E-state index in [1.54, 1.807) is 21.5 Å². The maximum absolute atomic E-state index is 11.1. The molecule has 0 aliphatic rings. The van der Waals surface area contributed by atoms with E-state index >= 15 is 0 Å². The van der Waals surface area contributed by atoms with Gasteiger partial charge in [-0.3, -0.25) is 19.1 Å². The summed E-state index contributed by atoms with van der Waals surface area (Å²) in [5.74, 6) is 0. The van der Waals surface area contributed by atoms with Crippen LogP contribution in [0.25, 0.3) is 11.4 Å². The number of aromatic nitrogens is 4. The molecule has 0 spiro atoms. The number of hydrogen-bond donors (Lipinski definition) is 4. The zero-order valence-electron chi connectivity index (χ0n) is 12.6. The third kappa shape index (κ3) is 5.83. The minimum Gasteiger partial charge on any atom is -0.324 e. The van der Waals surface area contributed by atoms with Gasteiger partial charge in [0.15, 0.2) is 25.5 Å². The van der Waals surface area contributed by atoms with Crippen LogP contribution in [-0.2, 0) is 22.2 Å². The molecule has 0 saturated carbocycles. The topological polar surface area (TPSA) is 149 Å². The quantitative estimate of drug-likeness (QED) is 0.358. The molecule has 10 nitrogen and oxygen atoms in total. The average Bonchev–Trinajstić information content (AvgIpc) is 2.50. The molecule has 2 heterocycles. The summed E-state index contributed by atoms with van der Waals surface area (Å²) in [6.45, 7) is 0.130. The van der Waals surface area contributed by atoms with Gasteiger partial charge in [0.05, 0.1) is 12.4 Å². The van der Waals surface area contributed by atoms with Crippen LogP contribution in [0.2, 0.25) is 0 Å². The van der Waals surface area contributed by atoms with Crippen LogP contribution in [0.3, 0.4) is 0 Å². The van der Waals surface area contributed by atoms with E-state index in [-0.39, 0.29) is 25.4 Å². The molecule has 0 fully saturated rings. The van der Waals surface area contributed by atoms with Gasteiger partial charge in [-0.25, -0.2) is 0 Å².